The summed E-state index contributed by atoms with van der Waals surface area (Å²) in [6, 6.07) is 0. The van der Waals surface area contributed by atoms with Crippen molar-refractivity contribution in [1.29, 1.82) is 0 Å². The fraction of sp³-hybridized carbons (Fsp3) is 1.00. The SMILES string of the molecule is O=S(=O)(Cl)CC12CC1COC21CCCCC1. The number of hydrogen-bond acceptors (Lipinski definition) is 3. The van der Waals surface area contributed by atoms with E-state index >= 15 is 0 Å². The average Bonchev–Trinajstić information content (AvgIpc) is 2.82. The maximum absolute atomic E-state index is 11.4. The molecule has 16 heavy (non-hydrogen) atoms. The van der Waals surface area contributed by atoms with Crippen LogP contribution in [0.2, 0.25) is 0 Å². The molecule has 0 bridgehead atoms. The standard InChI is InChI=1S/C11H17ClO3S/c12-16(13,14)8-10-6-9(10)7-15-11(10)4-2-1-3-5-11/h9H,1-8H2. The Morgan fingerprint density at radius 2 is 1.94 bits per heavy atom. The lowest BCUT2D eigenvalue weighted by Gasteiger charge is -2.40. The van der Waals surface area contributed by atoms with Crippen LogP contribution >= 0.6 is 10.7 Å². The fourth-order valence-corrected chi connectivity index (χ4v) is 5.76. The van der Waals surface area contributed by atoms with Crippen molar-refractivity contribution in [1.82, 2.24) is 0 Å². The summed E-state index contributed by atoms with van der Waals surface area (Å²) in [6.45, 7) is 0.742. The van der Waals surface area contributed by atoms with Gasteiger partial charge in [-0.25, -0.2) is 8.42 Å². The van der Waals surface area contributed by atoms with Gasteiger partial charge in [-0.1, -0.05) is 19.3 Å². The summed E-state index contributed by atoms with van der Waals surface area (Å²) < 4.78 is 28.7. The van der Waals surface area contributed by atoms with Crippen molar-refractivity contribution in [3.8, 4) is 0 Å². The highest BCUT2D eigenvalue weighted by Crippen LogP contribution is 2.69. The van der Waals surface area contributed by atoms with E-state index in [2.05, 4.69) is 0 Å². The van der Waals surface area contributed by atoms with Gasteiger partial charge in [-0.3, -0.25) is 0 Å². The molecule has 0 aromatic rings. The molecular formula is C11H17ClO3S. The van der Waals surface area contributed by atoms with Gasteiger partial charge in [-0.2, -0.15) is 0 Å². The maximum atomic E-state index is 11.4. The summed E-state index contributed by atoms with van der Waals surface area (Å²) in [5.41, 5.74) is -0.286. The normalized spacial score (nSPS) is 40.9. The molecule has 2 aliphatic carbocycles. The summed E-state index contributed by atoms with van der Waals surface area (Å²) in [6.07, 6.45) is 6.62. The lowest BCUT2D eigenvalue weighted by Crippen LogP contribution is -2.44. The minimum Gasteiger partial charge on any atom is -0.374 e. The first-order valence-electron chi connectivity index (χ1n) is 6.04. The van der Waals surface area contributed by atoms with Gasteiger partial charge in [-0.05, 0) is 25.2 Å². The van der Waals surface area contributed by atoms with Crippen LogP contribution in [0, 0.1) is 11.3 Å². The Morgan fingerprint density at radius 1 is 1.25 bits per heavy atom. The van der Waals surface area contributed by atoms with E-state index in [9.17, 15) is 8.42 Å². The predicted octanol–water partition coefficient (Wildman–Crippen LogP) is 2.29. The van der Waals surface area contributed by atoms with Crippen molar-refractivity contribution in [2.24, 2.45) is 11.3 Å². The summed E-state index contributed by atoms with van der Waals surface area (Å²) in [5, 5.41) is 0. The third kappa shape index (κ3) is 1.53. The fourth-order valence-electron chi connectivity index (χ4n) is 3.94. The quantitative estimate of drug-likeness (QED) is 0.719. The molecule has 0 amide bonds. The Balaban J connectivity index is 1.89. The van der Waals surface area contributed by atoms with E-state index in [1.54, 1.807) is 0 Å². The Kier molecular flexibility index (Phi) is 2.37. The number of rotatable bonds is 2. The Bertz CT molecular complexity index is 399. The second-order valence-corrected chi connectivity index (χ2v) is 8.38. The number of halogens is 1. The van der Waals surface area contributed by atoms with Crippen molar-refractivity contribution in [3.63, 3.8) is 0 Å². The molecule has 0 aromatic carbocycles. The van der Waals surface area contributed by atoms with Crippen LogP contribution in [0.5, 0.6) is 0 Å². The molecule has 3 nitrogen and oxygen atoms in total. The molecule has 92 valence electrons. The van der Waals surface area contributed by atoms with Gasteiger partial charge in [0.2, 0.25) is 9.05 Å². The van der Waals surface area contributed by atoms with Crippen LogP contribution in [0.25, 0.3) is 0 Å². The molecule has 2 unspecified atom stereocenters. The van der Waals surface area contributed by atoms with E-state index in [-0.39, 0.29) is 16.8 Å². The zero-order valence-corrected chi connectivity index (χ0v) is 10.8. The minimum atomic E-state index is -3.41. The summed E-state index contributed by atoms with van der Waals surface area (Å²) in [7, 11) is 2.04. The van der Waals surface area contributed by atoms with Crippen LogP contribution in [-0.2, 0) is 13.8 Å². The summed E-state index contributed by atoms with van der Waals surface area (Å²) in [4.78, 5) is 0. The molecule has 1 heterocycles. The molecule has 0 aromatic heterocycles. The third-order valence-corrected chi connectivity index (χ3v) is 5.98. The van der Waals surface area contributed by atoms with E-state index in [0.29, 0.717) is 5.92 Å². The zero-order chi connectivity index (χ0) is 11.4. The lowest BCUT2D eigenvalue weighted by atomic mass is 9.74. The van der Waals surface area contributed by atoms with Gasteiger partial charge >= 0.3 is 0 Å². The van der Waals surface area contributed by atoms with Gasteiger partial charge in [0.25, 0.3) is 0 Å². The van der Waals surface area contributed by atoms with Crippen molar-refractivity contribution in [2.75, 3.05) is 12.4 Å². The van der Waals surface area contributed by atoms with Crippen LogP contribution in [0.3, 0.4) is 0 Å². The molecule has 5 heteroatoms. The second kappa shape index (κ2) is 3.36. The topological polar surface area (TPSA) is 43.4 Å². The van der Waals surface area contributed by atoms with Crippen molar-refractivity contribution >= 4 is 19.7 Å². The molecule has 3 aliphatic rings. The maximum Gasteiger partial charge on any atom is 0.233 e. The van der Waals surface area contributed by atoms with E-state index < -0.39 is 9.05 Å². The Hall–Kier alpha value is 0.200. The van der Waals surface area contributed by atoms with Crippen LogP contribution in [-0.4, -0.2) is 26.4 Å². The van der Waals surface area contributed by atoms with Crippen LogP contribution in [0.1, 0.15) is 38.5 Å². The molecule has 2 atom stereocenters. The Labute approximate surface area is 101 Å². The average molecular weight is 265 g/mol. The van der Waals surface area contributed by atoms with Crippen LogP contribution < -0.4 is 0 Å². The Morgan fingerprint density at radius 3 is 2.50 bits per heavy atom. The molecular weight excluding hydrogens is 248 g/mol. The monoisotopic (exact) mass is 264 g/mol. The van der Waals surface area contributed by atoms with Gasteiger partial charge < -0.3 is 4.74 Å². The van der Waals surface area contributed by atoms with E-state index in [4.69, 9.17) is 15.4 Å². The summed E-state index contributed by atoms with van der Waals surface area (Å²) >= 11 is 0. The van der Waals surface area contributed by atoms with Crippen molar-refractivity contribution < 1.29 is 13.2 Å². The molecule has 1 aliphatic heterocycles. The molecule has 3 rings (SSSR count). The minimum absolute atomic E-state index is 0.117. The molecule has 0 radical (unpaired) electrons. The first-order chi connectivity index (χ1) is 7.48. The van der Waals surface area contributed by atoms with E-state index in [1.807, 2.05) is 0 Å². The van der Waals surface area contributed by atoms with Crippen molar-refractivity contribution in [3.05, 3.63) is 0 Å². The second-order valence-electron chi connectivity index (χ2n) is 5.61. The lowest BCUT2D eigenvalue weighted by molar-refractivity contribution is -0.0742. The van der Waals surface area contributed by atoms with E-state index in [0.717, 1.165) is 38.7 Å². The molecule has 0 N–H and O–H groups in total. The van der Waals surface area contributed by atoms with Crippen molar-refractivity contribution in [2.45, 2.75) is 44.1 Å². The first-order valence-corrected chi connectivity index (χ1v) is 8.52. The third-order valence-electron chi connectivity index (χ3n) is 4.79. The van der Waals surface area contributed by atoms with Gasteiger partial charge in [0.15, 0.2) is 0 Å². The van der Waals surface area contributed by atoms with Crippen LogP contribution in [0.4, 0.5) is 0 Å². The first kappa shape index (κ1) is 11.3. The smallest absolute Gasteiger partial charge is 0.233 e. The molecule has 2 saturated carbocycles. The largest absolute Gasteiger partial charge is 0.374 e. The number of fused-ring (bicyclic) bond motifs is 2. The zero-order valence-electron chi connectivity index (χ0n) is 9.25. The van der Waals surface area contributed by atoms with E-state index in [1.165, 1.54) is 6.42 Å². The van der Waals surface area contributed by atoms with Gasteiger partial charge in [0.05, 0.1) is 18.0 Å². The molecule has 1 spiro atoms. The van der Waals surface area contributed by atoms with Gasteiger partial charge in [0.1, 0.15) is 0 Å². The highest BCUT2D eigenvalue weighted by Gasteiger charge is 2.72. The molecule has 1 saturated heterocycles. The van der Waals surface area contributed by atoms with Crippen LogP contribution in [0.15, 0.2) is 0 Å². The van der Waals surface area contributed by atoms with Gasteiger partial charge in [0, 0.05) is 16.1 Å². The molecule has 3 fully saturated rings. The summed E-state index contributed by atoms with van der Waals surface area (Å²) in [5.74, 6) is 0.561. The highest BCUT2D eigenvalue weighted by atomic mass is 35.7. The number of ether oxygens (including phenoxy) is 1. The number of hydrogen-bond donors (Lipinski definition) is 0. The van der Waals surface area contributed by atoms with Gasteiger partial charge in [-0.15, -0.1) is 0 Å². The predicted molar refractivity (Wildman–Crippen MR) is 61.9 cm³/mol. The highest BCUT2D eigenvalue weighted by molar-refractivity contribution is 8.13.